The maximum Gasteiger partial charge on any atom is 0.274 e. The van der Waals surface area contributed by atoms with Crippen LogP contribution in [0, 0.1) is 0 Å². The quantitative estimate of drug-likeness (QED) is 0.793. The predicted octanol–water partition coefficient (Wildman–Crippen LogP) is 2.56. The molecular weight excluding hydrogens is 326 g/mol. The Bertz CT molecular complexity index is 966. The molecule has 0 saturated carbocycles. The molecule has 122 valence electrons. The number of hydrogen-bond acceptors (Lipinski definition) is 3. The minimum Gasteiger partial charge on any atom is -0.350 e. The third kappa shape index (κ3) is 3.31. The Hall–Kier alpha value is -2.66. The van der Waals surface area contributed by atoms with Gasteiger partial charge in [-0.2, -0.15) is 5.10 Å². The molecule has 0 spiro atoms. The highest BCUT2D eigenvalue weighted by molar-refractivity contribution is 6.30. The second-order valence-electron chi connectivity index (χ2n) is 5.46. The summed E-state index contributed by atoms with van der Waals surface area (Å²) in [6.07, 6.45) is 0.663. The van der Waals surface area contributed by atoms with E-state index in [1.165, 1.54) is 11.7 Å². The molecule has 1 amide bonds. The Morgan fingerprint density at radius 3 is 2.67 bits per heavy atom. The molecule has 0 aliphatic carbocycles. The molecule has 0 aliphatic heterocycles. The van der Waals surface area contributed by atoms with Gasteiger partial charge in [0.05, 0.1) is 5.39 Å². The fourth-order valence-electron chi connectivity index (χ4n) is 2.56. The monoisotopic (exact) mass is 341 g/mol. The highest BCUT2D eigenvalue weighted by Crippen LogP contribution is 2.13. The van der Waals surface area contributed by atoms with E-state index in [2.05, 4.69) is 10.4 Å². The Labute approximate surface area is 143 Å². The van der Waals surface area contributed by atoms with Crippen molar-refractivity contribution in [3.8, 4) is 0 Å². The predicted molar refractivity (Wildman–Crippen MR) is 94.5 cm³/mol. The summed E-state index contributed by atoms with van der Waals surface area (Å²) in [7, 11) is 1.54. The van der Waals surface area contributed by atoms with E-state index in [1.807, 2.05) is 24.3 Å². The summed E-state index contributed by atoms with van der Waals surface area (Å²) in [4.78, 5) is 24.6. The Morgan fingerprint density at radius 1 is 1.17 bits per heavy atom. The van der Waals surface area contributed by atoms with Crippen molar-refractivity contribution in [1.82, 2.24) is 15.1 Å². The van der Waals surface area contributed by atoms with Gasteiger partial charge in [-0.25, -0.2) is 4.68 Å². The van der Waals surface area contributed by atoms with Crippen LogP contribution >= 0.6 is 11.6 Å². The van der Waals surface area contributed by atoms with Crippen LogP contribution in [-0.2, 0) is 13.5 Å². The second-order valence-corrected chi connectivity index (χ2v) is 5.90. The molecule has 24 heavy (non-hydrogen) atoms. The first-order valence-electron chi connectivity index (χ1n) is 7.55. The van der Waals surface area contributed by atoms with E-state index in [9.17, 15) is 9.59 Å². The molecule has 2 aromatic carbocycles. The van der Waals surface area contributed by atoms with Gasteiger partial charge in [-0.15, -0.1) is 0 Å². The molecule has 0 fully saturated rings. The van der Waals surface area contributed by atoms with Gasteiger partial charge in [-0.3, -0.25) is 9.59 Å². The summed E-state index contributed by atoms with van der Waals surface area (Å²) in [5.74, 6) is -0.302. The lowest BCUT2D eigenvalue weighted by Gasteiger charge is -2.09. The van der Waals surface area contributed by atoms with E-state index < -0.39 is 0 Å². The smallest absolute Gasteiger partial charge is 0.274 e. The van der Waals surface area contributed by atoms with Crippen molar-refractivity contribution < 1.29 is 4.79 Å². The number of halogens is 1. The number of carbonyl (C=O) groups excluding carboxylic acids is 1. The molecule has 0 saturated heterocycles. The van der Waals surface area contributed by atoms with Crippen molar-refractivity contribution in [2.75, 3.05) is 6.54 Å². The zero-order chi connectivity index (χ0) is 17.1. The SMILES string of the molecule is Cn1nc(C(=O)NCCc2cccc(Cl)c2)c2ccccc2c1=O. The number of aryl methyl sites for hydroxylation is 1. The van der Waals surface area contributed by atoms with Gasteiger partial charge in [-0.1, -0.05) is 41.9 Å². The third-order valence-electron chi connectivity index (χ3n) is 3.76. The number of nitrogens with one attached hydrogen (secondary N) is 1. The molecule has 0 atom stereocenters. The summed E-state index contributed by atoms with van der Waals surface area (Å²) in [6, 6.07) is 14.5. The van der Waals surface area contributed by atoms with Crippen LogP contribution in [0.25, 0.3) is 10.8 Å². The molecule has 1 aromatic heterocycles. The van der Waals surface area contributed by atoms with Crippen LogP contribution in [0.3, 0.4) is 0 Å². The lowest BCUT2D eigenvalue weighted by Crippen LogP contribution is -2.30. The van der Waals surface area contributed by atoms with Gasteiger partial charge < -0.3 is 5.32 Å². The molecule has 0 radical (unpaired) electrons. The van der Waals surface area contributed by atoms with Gasteiger partial charge in [0.15, 0.2) is 5.69 Å². The minimum absolute atomic E-state index is 0.221. The van der Waals surface area contributed by atoms with E-state index in [1.54, 1.807) is 24.3 Å². The van der Waals surface area contributed by atoms with E-state index >= 15 is 0 Å². The summed E-state index contributed by atoms with van der Waals surface area (Å²) in [5, 5.41) is 8.67. The summed E-state index contributed by atoms with van der Waals surface area (Å²) in [5.41, 5.74) is 1.07. The van der Waals surface area contributed by atoms with Gasteiger partial charge in [-0.05, 0) is 30.2 Å². The van der Waals surface area contributed by atoms with Crippen LogP contribution in [0.15, 0.2) is 53.3 Å². The molecular formula is C18H16ClN3O2. The zero-order valence-corrected chi connectivity index (χ0v) is 13.9. The average molecular weight is 342 g/mol. The van der Waals surface area contributed by atoms with Crippen molar-refractivity contribution in [2.45, 2.75) is 6.42 Å². The fourth-order valence-corrected chi connectivity index (χ4v) is 2.78. The van der Waals surface area contributed by atoms with Crippen molar-refractivity contribution in [3.05, 3.63) is 75.2 Å². The normalized spacial score (nSPS) is 10.8. The van der Waals surface area contributed by atoms with Gasteiger partial charge in [0.25, 0.3) is 11.5 Å². The van der Waals surface area contributed by atoms with Crippen molar-refractivity contribution >= 4 is 28.3 Å². The molecule has 0 bridgehead atoms. The first kappa shape index (κ1) is 16.2. The summed E-state index contributed by atoms with van der Waals surface area (Å²) in [6.45, 7) is 0.456. The molecule has 6 heteroatoms. The lowest BCUT2D eigenvalue weighted by molar-refractivity contribution is 0.0949. The number of fused-ring (bicyclic) bond motifs is 1. The van der Waals surface area contributed by atoms with Crippen LogP contribution in [-0.4, -0.2) is 22.2 Å². The second kappa shape index (κ2) is 6.84. The van der Waals surface area contributed by atoms with E-state index in [4.69, 9.17) is 11.6 Å². The van der Waals surface area contributed by atoms with Crippen LogP contribution in [0.4, 0.5) is 0 Å². The van der Waals surface area contributed by atoms with Crippen LogP contribution in [0.1, 0.15) is 16.1 Å². The number of nitrogens with zero attached hydrogens (tertiary/aromatic N) is 2. The first-order chi connectivity index (χ1) is 11.6. The summed E-state index contributed by atoms with van der Waals surface area (Å²) < 4.78 is 1.19. The molecule has 3 aromatic rings. The topological polar surface area (TPSA) is 64.0 Å². The van der Waals surface area contributed by atoms with E-state index in [0.717, 1.165) is 5.56 Å². The molecule has 5 nitrogen and oxygen atoms in total. The van der Waals surface area contributed by atoms with Crippen molar-refractivity contribution in [2.24, 2.45) is 7.05 Å². The largest absolute Gasteiger partial charge is 0.350 e. The van der Waals surface area contributed by atoms with Crippen LogP contribution in [0.2, 0.25) is 5.02 Å². The number of benzene rings is 2. The average Bonchev–Trinajstić information content (AvgIpc) is 2.58. The third-order valence-corrected chi connectivity index (χ3v) is 3.99. The highest BCUT2D eigenvalue weighted by atomic mass is 35.5. The maximum atomic E-state index is 12.5. The zero-order valence-electron chi connectivity index (χ0n) is 13.1. The van der Waals surface area contributed by atoms with Gasteiger partial charge >= 0.3 is 0 Å². The van der Waals surface area contributed by atoms with Crippen LogP contribution < -0.4 is 10.9 Å². The number of hydrogen-bond donors (Lipinski definition) is 1. The number of rotatable bonds is 4. The number of amides is 1. The molecule has 0 unspecified atom stereocenters. The van der Waals surface area contributed by atoms with Crippen LogP contribution in [0.5, 0.6) is 0 Å². The number of carbonyl (C=O) groups is 1. The summed E-state index contributed by atoms with van der Waals surface area (Å²) >= 11 is 5.95. The van der Waals surface area contributed by atoms with Gasteiger partial charge in [0.2, 0.25) is 0 Å². The maximum absolute atomic E-state index is 12.5. The molecule has 1 heterocycles. The fraction of sp³-hybridized carbons (Fsp3) is 0.167. The molecule has 3 rings (SSSR count). The highest BCUT2D eigenvalue weighted by Gasteiger charge is 2.14. The molecule has 1 N–H and O–H groups in total. The molecule has 0 aliphatic rings. The van der Waals surface area contributed by atoms with E-state index in [0.29, 0.717) is 28.8 Å². The van der Waals surface area contributed by atoms with Crippen molar-refractivity contribution in [1.29, 1.82) is 0 Å². The van der Waals surface area contributed by atoms with Crippen molar-refractivity contribution in [3.63, 3.8) is 0 Å². The van der Waals surface area contributed by atoms with Gasteiger partial charge in [0, 0.05) is 24.0 Å². The minimum atomic E-state index is -0.302. The first-order valence-corrected chi connectivity index (χ1v) is 7.93. The Balaban J connectivity index is 1.79. The lowest BCUT2D eigenvalue weighted by atomic mass is 10.1. The Kier molecular flexibility index (Phi) is 4.62. The van der Waals surface area contributed by atoms with E-state index in [-0.39, 0.29) is 17.2 Å². The Morgan fingerprint density at radius 2 is 1.92 bits per heavy atom. The number of aromatic nitrogens is 2. The standard InChI is InChI=1S/C18H16ClN3O2/c1-22-18(24)15-8-3-2-7-14(15)16(21-22)17(23)20-10-9-12-5-4-6-13(19)11-12/h2-8,11H,9-10H2,1H3,(H,20,23). The van der Waals surface area contributed by atoms with Gasteiger partial charge in [0.1, 0.15) is 0 Å².